The molecule has 0 unspecified atom stereocenters. The van der Waals surface area contributed by atoms with Crippen molar-refractivity contribution in [3.05, 3.63) is 200 Å². The number of benzene rings is 3. The zero-order valence-corrected chi connectivity index (χ0v) is 65.6. The second kappa shape index (κ2) is 38.9. The number of fused-ring (bicyclic) bond motifs is 3. The molecule has 3 aromatic carbocycles. The summed E-state index contributed by atoms with van der Waals surface area (Å²) >= 11 is 0. The van der Waals surface area contributed by atoms with Gasteiger partial charge in [-0.15, -0.1) is 12.4 Å². The summed E-state index contributed by atoms with van der Waals surface area (Å²) in [7, 11) is -4.81. The van der Waals surface area contributed by atoms with E-state index in [-0.39, 0.29) is 62.7 Å². The van der Waals surface area contributed by atoms with Crippen LogP contribution >= 0.6 is 12.4 Å². The summed E-state index contributed by atoms with van der Waals surface area (Å²) in [6.45, 7) is 7.50. The van der Waals surface area contributed by atoms with E-state index in [9.17, 15) is 30.0 Å². The molecule has 23 nitrogen and oxygen atoms in total. The van der Waals surface area contributed by atoms with Crippen LogP contribution in [0.25, 0.3) is 66.5 Å². The summed E-state index contributed by atoms with van der Waals surface area (Å²) in [6.07, 6.45) is 42.0. The first-order valence-electron chi connectivity index (χ1n) is 38.0. The molecule has 113 heavy (non-hydrogen) atoms. The van der Waals surface area contributed by atoms with Gasteiger partial charge < -0.3 is 20.2 Å². The molecule has 0 radical (unpaired) electrons. The van der Waals surface area contributed by atoms with Crippen LogP contribution in [0.5, 0.6) is 0 Å². The number of nitrogens with one attached hydrogen (secondary N) is 1. The van der Waals surface area contributed by atoms with E-state index in [0.29, 0.717) is 59.5 Å². The second-order valence-electron chi connectivity index (χ2n) is 29.4. The first kappa shape index (κ1) is 88.0. The number of rotatable bonds is 14. The molecule has 18 rings (SSSR count). The molecule has 0 atom stereocenters. The predicted octanol–water partition coefficient (Wildman–Crippen LogP) is 16.4. The Kier molecular flexibility index (Phi) is 30.3. The van der Waals surface area contributed by atoms with Crippen LogP contribution in [0.4, 0.5) is 0 Å². The molecular formula is C86H114ClN15O8S3. The Morgan fingerprint density at radius 3 is 0.920 bits per heavy atom. The quantitative estimate of drug-likeness (QED) is 0.102. The van der Waals surface area contributed by atoms with Crippen molar-refractivity contribution in [1.29, 1.82) is 0 Å². The average Bonchev–Trinajstić information content (AvgIpc) is 1.62. The van der Waals surface area contributed by atoms with Crippen LogP contribution < -0.4 is 5.32 Å². The minimum atomic E-state index is -3.81. The van der Waals surface area contributed by atoms with Gasteiger partial charge in [-0.3, -0.25) is 18.8 Å². The highest BCUT2D eigenvalue weighted by molar-refractivity contribution is 7.90. The van der Waals surface area contributed by atoms with Crippen LogP contribution in [0.1, 0.15) is 180 Å². The molecule has 0 amide bonds. The van der Waals surface area contributed by atoms with Gasteiger partial charge in [-0.05, 0) is 231 Å². The van der Waals surface area contributed by atoms with Gasteiger partial charge in [0.15, 0.2) is 16.9 Å². The summed E-state index contributed by atoms with van der Waals surface area (Å²) < 4.78 is 90.0. The number of aryl methyl sites for hydroxylation is 3. The maximum absolute atomic E-state index is 13.5. The van der Waals surface area contributed by atoms with Crippen molar-refractivity contribution in [2.45, 2.75) is 190 Å². The standard InChI is InChI=1S/2C27H31N5O2S.C23H22N4O3S.C4H9N.CH4O.4CH4.ClH/c2*1-30-18-22(17-29-30)26-19-32(35(33,34)24-7-3-2-4-8-24)27-25(26)15-21(16-28-27)20-9-11-23(12-10-20)31-13-5-6-14-31;1-26-14-18(13-25-26)22-15-27(31(29,30)20-5-3-2-4-6-20)23-21(22)11-17(12-24-23)16-7-9-19(28)10-8-16;1-2-4-5-3-1;1-2;;;;;/h2*2-4,7-8,15-20,23H,5-6,9-14H2,1H3;2-6,11-16H,7-10H2,1H3;5H,1-4H2;2H,1H3;4*1H4;1H. The van der Waals surface area contributed by atoms with Crippen molar-refractivity contribution in [1.82, 2.24) is 71.3 Å². The summed E-state index contributed by atoms with van der Waals surface area (Å²) in [6, 6.07) is 33.2. The number of carbonyl (C=O) groups is 1. The van der Waals surface area contributed by atoms with Crippen LogP contribution in [0.15, 0.2) is 198 Å². The van der Waals surface area contributed by atoms with Gasteiger partial charge in [0.25, 0.3) is 30.1 Å². The highest BCUT2D eigenvalue weighted by Gasteiger charge is 2.34. The fourth-order valence-electron chi connectivity index (χ4n) is 16.7. The summed E-state index contributed by atoms with van der Waals surface area (Å²) in [5.74, 6) is 1.48. The molecule has 606 valence electrons. The monoisotopic (exact) mass is 1620 g/mol. The molecule has 12 aromatic rings. The van der Waals surface area contributed by atoms with Gasteiger partial charge in [0.1, 0.15) is 5.78 Å². The van der Waals surface area contributed by atoms with Gasteiger partial charge in [-0.2, -0.15) is 15.3 Å². The van der Waals surface area contributed by atoms with Crippen molar-refractivity contribution in [2.75, 3.05) is 46.4 Å². The molecule has 6 fully saturated rings. The first-order chi connectivity index (χ1) is 52.4. The number of ketones is 1. The molecule has 3 aliphatic heterocycles. The zero-order chi connectivity index (χ0) is 75.1. The van der Waals surface area contributed by atoms with Gasteiger partial charge in [0, 0.05) is 158 Å². The fourth-order valence-corrected chi connectivity index (χ4v) is 20.7. The molecule has 2 N–H and O–H groups in total. The Morgan fingerprint density at radius 2 is 0.664 bits per heavy atom. The lowest BCUT2D eigenvalue weighted by Gasteiger charge is -2.34. The molecule has 12 heterocycles. The fraction of sp³-hybridized carbons (Fsp3) is 0.430. The van der Waals surface area contributed by atoms with Crippen molar-refractivity contribution >= 4 is 81.4 Å². The van der Waals surface area contributed by atoms with Crippen molar-refractivity contribution < 1.29 is 35.2 Å². The molecule has 0 spiro atoms. The number of pyridine rings is 3. The maximum Gasteiger partial charge on any atom is 0.269 e. The van der Waals surface area contributed by atoms with Crippen LogP contribution in [-0.2, 0) is 56.0 Å². The summed E-state index contributed by atoms with van der Waals surface area (Å²) in [5.41, 5.74) is 9.81. The van der Waals surface area contributed by atoms with Crippen LogP contribution in [0.2, 0.25) is 0 Å². The lowest BCUT2D eigenvalue weighted by molar-refractivity contribution is -0.120. The van der Waals surface area contributed by atoms with Gasteiger partial charge in [0.05, 0.1) is 33.3 Å². The van der Waals surface area contributed by atoms with E-state index < -0.39 is 30.1 Å². The highest BCUT2D eigenvalue weighted by atomic mass is 35.5. The number of aromatic nitrogens is 12. The Hall–Kier alpha value is -8.99. The van der Waals surface area contributed by atoms with Gasteiger partial charge in [-0.1, -0.05) is 84.3 Å². The molecule has 3 aliphatic carbocycles. The van der Waals surface area contributed by atoms with Crippen molar-refractivity contribution in [3.63, 3.8) is 0 Å². The summed E-state index contributed by atoms with van der Waals surface area (Å²) in [4.78, 5) is 31.8. The second-order valence-corrected chi connectivity index (χ2v) is 34.8. The van der Waals surface area contributed by atoms with E-state index in [1.54, 1.807) is 136 Å². The zero-order valence-electron chi connectivity index (χ0n) is 62.4. The molecule has 3 saturated heterocycles. The SMILES string of the molecule is C.C.C.C.C1CCNC1.CO.Cl.Cn1cc(-c2cn(S(=O)(=O)c3ccccc3)c3ncc(C4CCC(=O)CC4)cc23)cn1.Cn1cc(-c2cn(S(=O)(=O)c3ccccc3)c3ncc(C4CCC(N5CCCC5)CC4)cc23)cn1.Cn1cc(-c2cn(S(=O)(=O)c3ccccc3)c3ncc(C4CCC(N5CCCC5)CC4)cc23)cn1. The lowest BCUT2D eigenvalue weighted by Crippen LogP contribution is -2.35. The third kappa shape index (κ3) is 19.2. The van der Waals surface area contributed by atoms with Gasteiger partial charge in [-0.25, -0.2) is 52.1 Å². The summed E-state index contributed by atoms with van der Waals surface area (Å²) in [5, 5.41) is 25.6. The number of aliphatic hydroxyl groups is 1. The third-order valence-corrected chi connectivity index (χ3v) is 27.5. The number of hydrogen-bond acceptors (Lipinski definition) is 17. The van der Waals surface area contributed by atoms with E-state index in [1.165, 1.54) is 127 Å². The Bertz CT molecular complexity index is 5200. The highest BCUT2D eigenvalue weighted by Crippen LogP contribution is 2.43. The van der Waals surface area contributed by atoms with E-state index in [0.717, 1.165) is 101 Å². The first-order valence-corrected chi connectivity index (χ1v) is 42.3. The Labute approximate surface area is 674 Å². The number of likely N-dealkylation sites (tertiary alicyclic amines) is 2. The van der Waals surface area contributed by atoms with Gasteiger partial charge >= 0.3 is 0 Å². The van der Waals surface area contributed by atoms with E-state index in [4.69, 9.17) is 15.1 Å². The number of hydrogen-bond donors (Lipinski definition) is 2. The Morgan fingerprint density at radius 1 is 0.381 bits per heavy atom. The number of carbonyl (C=O) groups excluding carboxylic acids is 1. The largest absolute Gasteiger partial charge is 0.400 e. The van der Waals surface area contributed by atoms with E-state index in [1.807, 2.05) is 70.3 Å². The molecular weight excluding hydrogens is 1500 g/mol. The van der Waals surface area contributed by atoms with Crippen LogP contribution in [0.3, 0.4) is 0 Å². The van der Waals surface area contributed by atoms with Crippen LogP contribution in [0, 0.1) is 0 Å². The van der Waals surface area contributed by atoms with Gasteiger partial charge in [0.2, 0.25) is 0 Å². The normalized spacial score (nSPS) is 18.8. The van der Waals surface area contributed by atoms with Crippen molar-refractivity contribution in [2.24, 2.45) is 21.1 Å². The molecule has 9 aromatic heterocycles. The average molecular weight is 1620 g/mol. The minimum absolute atomic E-state index is 0. The topological polar surface area (TPSA) is 265 Å². The molecule has 0 bridgehead atoms. The number of Topliss-reactive ketones (excluding diaryl/α,β-unsaturated/α-hetero) is 1. The van der Waals surface area contributed by atoms with Crippen molar-refractivity contribution in [3.8, 4) is 33.4 Å². The molecule has 27 heteroatoms. The Balaban J connectivity index is 0.000000182. The lowest BCUT2D eigenvalue weighted by atomic mass is 9.81. The molecule has 6 aliphatic rings. The molecule has 3 saturated carbocycles. The minimum Gasteiger partial charge on any atom is -0.400 e. The number of nitrogens with zero attached hydrogens (tertiary/aromatic N) is 14. The maximum atomic E-state index is 13.5. The number of halogens is 1. The third-order valence-electron chi connectivity index (χ3n) is 22.5. The van der Waals surface area contributed by atoms with E-state index in [2.05, 4.69) is 47.5 Å². The predicted molar refractivity (Wildman–Crippen MR) is 455 cm³/mol. The number of aliphatic hydroxyl groups excluding tert-OH is 1. The van der Waals surface area contributed by atoms with E-state index >= 15 is 0 Å². The smallest absolute Gasteiger partial charge is 0.269 e. The van der Waals surface area contributed by atoms with Crippen LogP contribution in [-0.4, -0.2) is 161 Å².